The predicted molar refractivity (Wildman–Crippen MR) is 144 cm³/mol. The average molecular weight is 572 g/mol. The molecule has 1 unspecified atom stereocenters. The second-order valence-electron chi connectivity index (χ2n) is 7.91. The second kappa shape index (κ2) is 11.4. The van der Waals surface area contributed by atoms with Crippen molar-refractivity contribution >= 4 is 63.1 Å². The number of aliphatic imine (C=N–C) groups is 1. The fourth-order valence-electron chi connectivity index (χ4n) is 3.68. The van der Waals surface area contributed by atoms with Gasteiger partial charge in [0.05, 0.1) is 21.7 Å². The van der Waals surface area contributed by atoms with Crippen LogP contribution in [-0.2, 0) is 12.6 Å². The fourth-order valence-corrected chi connectivity index (χ4v) is 5.47. The summed E-state index contributed by atoms with van der Waals surface area (Å²) < 4.78 is 53.2. The minimum Gasteiger partial charge on any atom is -0.332 e. The Balaban J connectivity index is 1.63. The molecule has 188 valence electrons. The molecule has 0 radical (unpaired) electrons. The van der Waals surface area contributed by atoms with E-state index in [-0.39, 0.29) is 16.6 Å². The Morgan fingerprint density at radius 3 is 2.58 bits per heavy atom. The molecule has 4 rings (SSSR count). The highest BCUT2D eigenvalue weighted by Gasteiger charge is 2.31. The molecule has 3 aromatic carbocycles. The van der Waals surface area contributed by atoms with Gasteiger partial charge in [0.25, 0.3) is 0 Å². The van der Waals surface area contributed by atoms with Crippen LogP contribution >= 0.6 is 47.2 Å². The number of hydrogen-bond acceptors (Lipinski definition) is 3. The first-order valence-electron chi connectivity index (χ1n) is 10.8. The summed E-state index contributed by atoms with van der Waals surface area (Å²) in [5, 5.41) is 4.41. The van der Waals surface area contributed by atoms with Crippen molar-refractivity contribution in [3.05, 3.63) is 99.3 Å². The molecule has 1 atom stereocenters. The normalized spacial score (nSPS) is 15.8. The molecule has 1 heterocycles. The lowest BCUT2D eigenvalue weighted by Crippen LogP contribution is -2.35. The predicted octanol–water partition coefficient (Wildman–Crippen LogP) is 8.24. The van der Waals surface area contributed by atoms with Crippen LogP contribution in [0.4, 0.5) is 23.2 Å². The Hall–Kier alpha value is -2.33. The first-order valence-corrected chi connectivity index (χ1v) is 12.9. The third-order valence-corrected chi connectivity index (χ3v) is 7.51. The standard InChI is InChI=1S/C25H19Cl2F4N3S2/c26-20-9-3-8-19(22(20)27)21(13-15-4-1-6-17(28)12-15)33-24-34(10-11-36-24)23(35)32-18-7-2-5-16(14-18)25(29,30)31/h1-9,12,14,21H,10-11,13H2,(H,32,35). The van der Waals surface area contributed by atoms with Crippen LogP contribution in [0.2, 0.25) is 10.0 Å². The Bertz CT molecular complexity index is 1300. The SMILES string of the molecule is Fc1cccc(CC(N=C2SCCN2C(=S)Nc2cccc(C(F)(F)F)c2)c2cccc(Cl)c2Cl)c1. The molecular formula is C25H19Cl2F4N3S2. The number of thioether (sulfide) groups is 1. The molecule has 1 saturated heterocycles. The van der Waals surface area contributed by atoms with Gasteiger partial charge in [0.2, 0.25) is 0 Å². The molecule has 0 saturated carbocycles. The highest BCUT2D eigenvalue weighted by atomic mass is 35.5. The van der Waals surface area contributed by atoms with Crippen molar-refractivity contribution in [1.29, 1.82) is 0 Å². The van der Waals surface area contributed by atoms with E-state index in [9.17, 15) is 17.6 Å². The maximum Gasteiger partial charge on any atom is 0.416 e. The van der Waals surface area contributed by atoms with Gasteiger partial charge in [-0.05, 0) is 66.2 Å². The highest BCUT2D eigenvalue weighted by Crippen LogP contribution is 2.36. The molecule has 1 N–H and O–H groups in total. The number of nitrogens with one attached hydrogen (secondary N) is 1. The minimum atomic E-state index is -4.46. The van der Waals surface area contributed by atoms with Crippen molar-refractivity contribution in [3.8, 4) is 0 Å². The van der Waals surface area contributed by atoms with Gasteiger partial charge in [-0.3, -0.25) is 9.89 Å². The molecule has 0 aliphatic carbocycles. The molecule has 1 fully saturated rings. The number of rotatable bonds is 5. The molecule has 1 aliphatic rings. The van der Waals surface area contributed by atoms with E-state index in [0.29, 0.717) is 39.5 Å². The van der Waals surface area contributed by atoms with E-state index in [2.05, 4.69) is 5.32 Å². The Morgan fingerprint density at radius 1 is 1.08 bits per heavy atom. The van der Waals surface area contributed by atoms with E-state index in [1.54, 1.807) is 29.2 Å². The van der Waals surface area contributed by atoms with Gasteiger partial charge >= 0.3 is 6.18 Å². The molecule has 36 heavy (non-hydrogen) atoms. The van der Waals surface area contributed by atoms with E-state index in [4.69, 9.17) is 40.4 Å². The maximum absolute atomic E-state index is 13.9. The van der Waals surface area contributed by atoms with Crippen molar-refractivity contribution in [3.63, 3.8) is 0 Å². The zero-order valence-electron chi connectivity index (χ0n) is 18.5. The second-order valence-corrected chi connectivity index (χ2v) is 10.1. The molecule has 1 aliphatic heterocycles. The fraction of sp³-hybridized carbons (Fsp3) is 0.200. The van der Waals surface area contributed by atoms with E-state index < -0.39 is 17.8 Å². The van der Waals surface area contributed by atoms with Crippen LogP contribution in [0.1, 0.15) is 22.7 Å². The minimum absolute atomic E-state index is 0.222. The largest absolute Gasteiger partial charge is 0.416 e. The van der Waals surface area contributed by atoms with Crippen LogP contribution in [-0.4, -0.2) is 27.5 Å². The Morgan fingerprint density at radius 2 is 1.83 bits per heavy atom. The van der Waals surface area contributed by atoms with Gasteiger partial charge in [-0.25, -0.2) is 4.39 Å². The first kappa shape index (κ1) is 26.7. The Kier molecular flexibility index (Phi) is 8.44. The lowest BCUT2D eigenvalue weighted by molar-refractivity contribution is -0.137. The Labute approximate surface area is 225 Å². The summed E-state index contributed by atoms with van der Waals surface area (Å²) in [7, 11) is 0. The number of halogens is 6. The number of amidine groups is 1. The monoisotopic (exact) mass is 571 g/mol. The molecule has 0 aromatic heterocycles. The van der Waals surface area contributed by atoms with Crippen LogP contribution < -0.4 is 5.32 Å². The molecule has 3 aromatic rings. The lowest BCUT2D eigenvalue weighted by Gasteiger charge is -2.23. The van der Waals surface area contributed by atoms with Gasteiger partial charge < -0.3 is 5.32 Å². The van der Waals surface area contributed by atoms with Crippen LogP contribution in [0.3, 0.4) is 0 Å². The summed E-state index contributed by atoms with van der Waals surface area (Å²) in [6, 6.07) is 15.8. The quantitative estimate of drug-likeness (QED) is 0.246. The van der Waals surface area contributed by atoms with E-state index in [1.807, 2.05) is 6.07 Å². The van der Waals surface area contributed by atoms with E-state index in [1.165, 1.54) is 36.0 Å². The van der Waals surface area contributed by atoms with Gasteiger partial charge in [0.15, 0.2) is 10.3 Å². The summed E-state index contributed by atoms with van der Waals surface area (Å²) in [4.78, 5) is 6.64. The zero-order chi connectivity index (χ0) is 25.9. The van der Waals surface area contributed by atoms with Crippen molar-refractivity contribution in [2.75, 3.05) is 17.6 Å². The third kappa shape index (κ3) is 6.51. The summed E-state index contributed by atoms with van der Waals surface area (Å²) in [5.41, 5.74) is 0.843. The van der Waals surface area contributed by atoms with E-state index >= 15 is 0 Å². The van der Waals surface area contributed by atoms with Gasteiger partial charge in [-0.1, -0.05) is 65.3 Å². The zero-order valence-corrected chi connectivity index (χ0v) is 21.7. The number of anilines is 1. The average Bonchev–Trinajstić information content (AvgIpc) is 3.28. The van der Waals surface area contributed by atoms with Crippen LogP contribution in [0.25, 0.3) is 0 Å². The number of thiocarbonyl (C=S) groups is 1. The van der Waals surface area contributed by atoms with Crippen molar-refractivity contribution < 1.29 is 17.6 Å². The number of hydrogen-bond donors (Lipinski definition) is 1. The van der Waals surface area contributed by atoms with Crippen LogP contribution in [0, 0.1) is 5.82 Å². The van der Waals surface area contributed by atoms with Gasteiger partial charge in [0.1, 0.15) is 5.82 Å². The van der Waals surface area contributed by atoms with Crippen LogP contribution in [0.5, 0.6) is 0 Å². The highest BCUT2D eigenvalue weighted by molar-refractivity contribution is 8.14. The first-order chi connectivity index (χ1) is 17.1. The molecule has 0 amide bonds. The van der Waals surface area contributed by atoms with Gasteiger partial charge in [0, 0.05) is 18.0 Å². The van der Waals surface area contributed by atoms with Crippen molar-refractivity contribution in [1.82, 2.24) is 4.90 Å². The maximum atomic E-state index is 13.9. The number of alkyl halides is 3. The van der Waals surface area contributed by atoms with Crippen LogP contribution in [0.15, 0.2) is 71.7 Å². The van der Waals surface area contributed by atoms with Crippen molar-refractivity contribution in [2.24, 2.45) is 4.99 Å². The smallest absolute Gasteiger partial charge is 0.332 e. The summed E-state index contributed by atoms with van der Waals surface area (Å²) in [5.74, 6) is 0.318. The molecule has 0 spiro atoms. The van der Waals surface area contributed by atoms with E-state index in [0.717, 1.165) is 17.7 Å². The van der Waals surface area contributed by atoms with Crippen molar-refractivity contribution in [2.45, 2.75) is 18.6 Å². The molecule has 3 nitrogen and oxygen atoms in total. The molecule has 0 bridgehead atoms. The lowest BCUT2D eigenvalue weighted by atomic mass is 9.99. The third-order valence-electron chi connectivity index (χ3n) is 5.39. The molecular weight excluding hydrogens is 553 g/mol. The van der Waals surface area contributed by atoms with Gasteiger partial charge in [-0.15, -0.1) is 0 Å². The summed E-state index contributed by atoms with van der Waals surface area (Å²) >= 11 is 19.7. The van der Waals surface area contributed by atoms with Gasteiger partial charge in [-0.2, -0.15) is 13.2 Å². The topological polar surface area (TPSA) is 27.6 Å². The number of benzene rings is 3. The summed E-state index contributed by atoms with van der Waals surface area (Å²) in [6.45, 7) is 0.518. The molecule has 11 heteroatoms. The summed E-state index contributed by atoms with van der Waals surface area (Å²) in [6.07, 6.45) is -4.11. The number of nitrogens with zero attached hydrogens (tertiary/aromatic N) is 2.